The first-order valence-corrected chi connectivity index (χ1v) is 9.83. The summed E-state index contributed by atoms with van der Waals surface area (Å²) in [7, 11) is 0. The van der Waals surface area contributed by atoms with Crippen LogP contribution in [0, 0.1) is 5.92 Å². The normalized spacial score (nSPS) is 21.3. The van der Waals surface area contributed by atoms with Gasteiger partial charge in [0.15, 0.2) is 11.6 Å². The van der Waals surface area contributed by atoms with E-state index in [0.717, 1.165) is 16.2 Å². The van der Waals surface area contributed by atoms with E-state index in [0.29, 0.717) is 17.1 Å². The van der Waals surface area contributed by atoms with E-state index in [1.54, 1.807) is 0 Å². The van der Waals surface area contributed by atoms with Crippen LogP contribution in [0.15, 0.2) is 34.1 Å². The average molecular weight is 335 g/mol. The highest BCUT2D eigenvalue weighted by atomic mass is 32.2. The molecule has 0 amide bonds. The van der Waals surface area contributed by atoms with Crippen molar-refractivity contribution in [1.82, 2.24) is 0 Å². The Kier molecular flexibility index (Phi) is 5.23. The summed E-state index contributed by atoms with van der Waals surface area (Å²) in [4.78, 5) is 26.1. The molecular formula is C18H22O2S2. The number of benzene rings is 1. The Labute approximate surface area is 141 Å². The molecule has 0 saturated heterocycles. The molecule has 0 heterocycles. The van der Waals surface area contributed by atoms with Gasteiger partial charge >= 0.3 is 0 Å². The number of allylic oxidation sites excluding steroid dienone is 1. The summed E-state index contributed by atoms with van der Waals surface area (Å²) in [5.41, 5.74) is 1.32. The molecule has 1 aliphatic carbocycles. The second kappa shape index (κ2) is 6.63. The molecular weight excluding hydrogens is 312 g/mol. The minimum Gasteiger partial charge on any atom is -0.293 e. The number of rotatable bonds is 4. The van der Waals surface area contributed by atoms with Crippen molar-refractivity contribution in [2.24, 2.45) is 5.92 Å². The van der Waals surface area contributed by atoms with Gasteiger partial charge < -0.3 is 0 Å². The summed E-state index contributed by atoms with van der Waals surface area (Å²) in [6.07, 6.45) is 4.58. The van der Waals surface area contributed by atoms with E-state index in [4.69, 9.17) is 0 Å². The Morgan fingerprint density at radius 2 is 1.73 bits per heavy atom. The van der Waals surface area contributed by atoms with E-state index in [2.05, 4.69) is 13.8 Å². The van der Waals surface area contributed by atoms with Gasteiger partial charge in [-0.05, 0) is 37.3 Å². The highest BCUT2D eigenvalue weighted by molar-refractivity contribution is 8.21. The number of fused-ring (bicyclic) bond motifs is 1. The average Bonchev–Trinajstić information content (AvgIpc) is 2.49. The quantitative estimate of drug-likeness (QED) is 0.591. The van der Waals surface area contributed by atoms with E-state index in [1.807, 2.05) is 43.7 Å². The van der Waals surface area contributed by atoms with Gasteiger partial charge in [0.05, 0.1) is 15.2 Å². The van der Waals surface area contributed by atoms with E-state index in [9.17, 15) is 9.59 Å². The van der Waals surface area contributed by atoms with Gasteiger partial charge in [-0.15, -0.1) is 23.5 Å². The summed E-state index contributed by atoms with van der Waals surface area (Å²) >= 11 is 2.96. The third-order valence-corrected chi connectivity index (χ3v) is 6.26. The zero-order valence-electron chi connectivity index (χ0n) is 13.7. The van der Waals surface area contributed by atoms with Crippen LogP contribution in [0.25, 0.3) is 0 Å². The molecule has 0 saturated carbocycles. The molecule has 4 heteroatoms. The molecule has 0 radical (unpaired) electrons. The fourth-order valence-corrected chi connectivity index (χ4v) is 4.74. The molecule has 0 N–H and O–H groups in total. The van der Waals surface area contributed by atoms with E-state index >= 15 is 0 Å². The minimum atomic E-state index is -0.620. The smallest absolute Gasteiger partial charge is 0.198 e. The fraction of sp³-hybridized carbons (Fsp3) is 0.444. The predicted octanol–water partition coefficient (Wildman–Crippen LogP) is 4.69. The molecule has 0 fully saturated rings. The number of ketones is 2. The van der Waals surface area contributed by atoms with Gasteiger partial charge in [-0.3, -0.25) is 9.59 Å². The molecule has 1 aromatic carbocycles. The number of hydrogen-bond donors (Lipinski definition) is 0. The third kappa shape index (κ3) is 2.79. The van der Waals surface area contributed by atoms with Crippen LogP contribution < -0.4 is 0 Å². The Balaban J connectivity index is 2.75. The molecule has 2 rings (SSSR count). The monoisotopic (exact) mass is 334 g/mol. The fourth-order valence-electron chi connectivity index (χ4n) is 3.29. The highest BCUT2D eigenvalue weighted by Crippen LogP contribution is 2.44. The zero-order chi connectivity index (χ0) is 16.5. The standard InChI is InChI=1S/C18H22O2S2/c1-11(2)10-18(3)13-9-7-6-8-12(13)15(19)14(16(18)20)17(21-4)22-5/h6-9,11H,10H2,1-5H3. The van der Waals surface area contributed by atoms with Crippen molar-refractivity contribution in [3.8, 4) is 0 Å². The Morgan fingerprint density at radius 1 is 1.14 bits per heavy atom. The van der Waals surface area contributed by atoms with Gasteiger partial charge in [0.2, 0.25) is 0 Å². The second-order valence-corrected chi connectivity index (χ2v) is 8.10. The zero-order valence-corrected chi connectivity index (χ0v) is 15.4. The maximum absolute atomic E-state index is 13.2. The van der Waals surface area contributed by atoms with Crippen LogP contribution in [-0.4, -0.2) is 24.1 Å². The molecule has 0 aromatic heterocycles. The molecule has 118 valence electrons. The van der Waals surface area contributed by atoms with Crippen LogP contribution in [0.1, 0.15) is 43.1 Å². The van der Waals surface area contributed by atoms with Crippen molar-refractivity contribution in [3.63, 3.8) is 0 Å². The lowest BCUT2D eigenvalue weighted by Gasteiger charge is -2.36. The predicted molar refractivity (Wildman–Crippen MR) is 96.6 cm³/mol. The Hall–Kier alpha value is -1.00. The first kappa shape index (κ1) is 17.4. The minimum absolute atomic E-state index is 0.0244. The second-order valence-electron chi connectivity index (χ2n) is 6.20. The van der Waals surface area contributed by atoms with Crippen molar-refractivity contribution in [1.29, 1.82) is 0 Å². The molecule has 22 heavy (non-hydrogen) atoms. The number of carbonyl (C=O) groups is 2. The summed E-state index contributed by atoms with van der Waals surface area (Å²) in [5.74, 6) is 0.229. The molecule has 0 spiro atoms. The molecule has 1 aromatic rings. The molecule has 0 aliphatic heterocycles. The summed E-state index contributed by atoms with van der Waals surface area (Å²) in [6, 6.07) is 7.57. The Morgan fingerprint density at radius 3 is 2.27 bits per heavy atom. The van der Waals surface area contributed by atoms with Gasteiger partial charge in [0, 0.05) is 5.56 Å². The lowest BCUT2D eigenvalue weighted by Crippen LogP contribution is -2.42. The lowest BCUT2D eigenvalue weighted by atomic mass is 9.65. The van der Waals surface area contributed by atoms with Crippen molar-refractivity contribution >= 4 is 35.1 Å². The summed E-state index contributed by atoms with van der Waals surface area (Å²) < 4.78 is 0.819. The largest absolute Gasteiger partial charge is 0.293 e. The van der Waals surface area contributed by atoms with Gasteiger partial charge in [-0.25, -0.2) is 0 Å². The first-order chi connectivity index (χ1) is 10.4. The van der Waals surface area contributed by atoms with Crippen molar-refractivity contribution in [2.45, 2.75) is 32.6 Å². The maximum atomic E-state index is 13.2. The maximum Gasteiger partial charge on any atom is 0.198 e. The highest BCUT2D eigenvalue weighted by Gasteiger charge is 2.46. The molecule has 1 unspecified atom stereocenters. The van der Waals surface area contributed by atoms with Crippen molar-refractivity contribution in [3.05, 3.63) is 45.2 Å². The topological polar surface area (TPSA) is 34.1 Å². The number of Topliss-reactive ketones (excluding diaryl/α,β-unsaturated/α-hetero) is 2. The van der Waals surface area contributed by atoms with Crippen LogP contribution >= 0.6 is 23.5 Å². The third-order valence-electron chi connectivity index (χ3n) is 4.11. The SMILES string of the molecule is CSC(SC)=C1C(=O)c2ccccc2C(C)(CC(C)C)C1=O. The van der Waals surface area contributed by atoms with Crippen LogP contribution in [0.4, 0.5) is 0 Å². The van der Waals surface area contributed by atoms with Crippen LogP contribution in [0.5, 0.6) is 0 Å². The number of hydrogen-bond acceptors (Lipinski definition) is 4. The van der Waals surface area contributed by atoms with Crippen LogP contribution in [0.3, 0.4) is 0 Å². The summed E-state index contributed by atoms with van der Waals surface area (Å²) in [6.45, 7) is 6.22. The van der Waals surface area contributed by atoms with Gasteiger partial charge in [-0.2, -0.15) is 0 Å². The molecule has 1 aliphatic rings. The van der Waals surface area contributed by atoms with Crippen LogP contribution in [0.2, 0.25) is 0 Å². The molecule has 2 nitrogen and oxygen atoms in total. The van der Waals surface area contributed by atoms with E-state index < -0.39 is 5.41 Å². The van der Waals surface area contributed by atoms with E-state index in [1.165, 1.54) is 23.5 Å². The van der Waals surface area contributed by atoms with Crippen LogP contribution in [-0.2, 0) is 10.2 Å². The first-order valence-electron chi connectivity index (χ1n) is 7.38. The number of thioether (sulfide) groups is 2. The van der Waals surface area contributed by atoms with Crippen molar-refractivity contribution in [2.75, 3.05) is 12.5 Å². The lowest BCUT2D eigenvalue weighted by molar-refractivity contribution is -0.120. The number of carbonyl (C=O) groups excluding carboxylic acids is 2. The van der Waals surface area contributed by atoms with Gasteiger partial charge in [0.25, 0.3) is 0 Å². The van der Waals surface area contributed by atoms with Gasteiger partial charge in [-0.1, -0.05) is 38.1 Å². The van der Waals surface area contributed by atoms with Gasteiger partial charge in [0.1, 0.15) is 0 Å². The molecule has 0 bridgehead atoms. The molecule has 1 atom stereocenters. The summed E-state index contributed by atoms with van der Waals surface area (Å²) in [5, 5.41) is 0. The van der Waals surface area contributed by atoms with E-state index in [-0.39, 0.29) is 11.6 Å². The van der Waals surface area contributed by atoms with Crippen molar-refractivity contribution < 1.29 is 9.59 Å². The Bertz CT molecular complexity index is 640.